The molecule has 0 spiro atoms. The molecule has 0 aliphatic carbocycles. The number of aromatic nitrogens is 4. The maximum Gasteiger partial charge on any atom is 0.271 e. The Labute approximate surface area is 154 Å². The number of hydrogen-bond acceptors (Lipinski definition) is 6. The van der Waals surface area contributed by atoms with E-state index in [9.17, 15) is 4.79 Å². The van der Waals surface area contributed by atoms with Crippen molar-refractivity contribution in [2.75, 3.05) is 18.4 Å². The predicted octanol–water partition coefficient (Wildman–Crippen LogP) is 3.04. The van der Waals surface area contributed by atoms with Crippen LogP contribution < -0.4 is 10.6 Å². The highest BCUT2D eigenvalue weighted by atomic mass is 16.1. The minimum absolute atomic E-state index is 0.241. The monoisotopic (exact) mass is 363 g/mol. The molecule has 0 unspecified atom stereocenters. The summed E-state index contributed by atoms with van der Waals surface area (Å²) in [4.78, 5) is 22.9. The Hall–Kier alpha value is -3.91. The second-order valence-electron chi connectivity index (χ2n) is 5.50. The number of benzene rings is 1. The summed E-state index contributed by atoms with van der Waals surface area (Å²) in [5.41, 5.74) is 10.5. The van der Waals surface area contributed by atoms with Crippen LogP contribution in [0.25, 0.3) is 21.7 Å². The van der Waals surface area contributed by atoms with Gasteiger partial charge in [0, 0.05) is 24.2 Å². The molecule has 1 amide bonds. The van der Waals surface area contributed by atoms with E-state index in [1.807, 2.05) is 30.3 Å². The fourth-order valence-electron chi connectivity index (χ4n) is 2.32. The van der Waals surface area contributed by atoms with Crippen molar-refractivity contribution < 1.29 is 4.79 Å². The second kappa shape index (κ2) is 8.97. The van der Waals surface area contributed by atoms with Crippen molar-refractivity contribution >= 4 is 17.7 Å². The van der Waals surface area contributed by atoms with Gasteiger partial charge in [-0.2, -0.15) is 5.10 Å². The number of azide groups is 1. The van der Waals surface area contributed by atoms with Crippen molar-refractivity contribution in [2.45, 2.75) is 6.42 Å². The van der Waals surface area contributed by atoms with Crippen molar-refractivity contribution in [1.29, 1.82) is 0 Å². The van der Waals surface area contributed by atoms with Gasteiger partial charge in [0.15, 0.2) is 5.69 Å². The van der Waals surface area contributed by atoms with Gasteiger partial charge in [-0.1, -0.05) is 30.3 Å². The molecule has 2 aromatic heterocycles. The van der Waals surface area contributed by atoms with Crippen LogP contribution in [0.2, 0.25) is 0 Å². The quantitative estimate of drug-likeness (QED) is 0.244. The average Bonchev–Trinajstić information content (AvgIpc) is 3.19. The lowest BCUT2D eigenvalue weighted by Gasteiger charge is -2.05. The minimum atomic E-state index is -0.241. The Morgan fingerprint density at radius 2 is 2.07 bits per heavy atom. The third kappa shape index (κ3) is 5.03. The molecule has 0 atom stereocenters. The summed E-state index contributed by atoms with van der Waals surface area (Å²) in [6.07, 6.45) is 2.17. The summed E-state index contributed by atoms with van der Waals surface area (Å²) < 4.78 is 0. The third-order valence-corrected chi connectivity index (χ3v) is 3.61. The van der Waals surface area contributed by atoms with Crippen LogP contribution in [0.5, 0.6) is 0 Å². The molecule has 0 bridgehead atoms. The largest absolute Gasteiger partial charge is 0.354 e. The summed E-state index contributed by atoms with van der Waals surface area (Å²) in [5.74, 6) is 0.372. The van der Waals surface area contributed by atoms with E-state index >= 15 is 0 Å². The van der Waals surface area contributed by atoms with E-state index < -0.39 is 0 Å². The highest BCUT2D eigenvalue weighted by Crippen LogP contribution is 2.16. The van der Waals surface area contributed by atoms with Crippen molar-refractivity contribution in [2.24, 2.45) is 5.11 Å². The average molecular weight is 363 g/mol. The summed E-state index contributed by atoms with van der Waals surface area (Å²) in [6.45, 7) is 1.02. The Morgan fingerprint density at radius 3 is 2.89 bits per heavy atom. The highest BCUT2D eigenvalue weighted by Gasteiger charge is 2.10. The summed E-state index contributed by atoms with van der Waals surface area (Å²) >= 11 is 0. The third-order valence-electron chi connectivity index (χ3n) is 3.61. The normalized spacial score (nSPS) is 10.1. The fourth-order valence-corrected chi connectivity index (χ4v) is 2.32. The second-order valence-corrected chi connectivity index (χ2v) is 5.50. The van der Waals surface area contributed by atoms with Crippen LogP contribution in [0, 0.1) is 0 Å². The van der Waals surface area contributed by atoms with Gasteiger partial charge in [-0.3, -0.25) is 9.89 Å². The Morgan fingerprint density at radius 1 is 1.22 bits per heavy atom. The van der Waals surface area contributed by atoms with Crippen LogP contribution in [0.1, 0.15) is 16.9 Å². The van der Waals surface area contributed by atoms with Crippen LogP contribution in [-0.4, -0.2) is 39.2 Å². The molecule has 10 heteroatoms. The molecule has 136 valence electrons. The zero-order valence-electron chi connectivity index (χ0n) is 14.3. The molecule has 27 heavy (non-hydrogen) atoms. The van der Waals surface area contributed by atoms with Crippen molar-refractivity contribution in [3.63, 3.8) is 0 Å². The topological polar surface area (TPSA) is 144 Å². The van der Waals surface area contributed by atoms with Gasteiger partial charge in [0.2, 0.25) is 5.95 Å². The van der Waals surface area contributed by atoms with Gasteiger partial charge >= 0.3 is 0 Å². The van der Waals surface area contributed by atoms with E-state index in [0.717, 1.165) is 11.3 Å². The van der Waals surface area contributed by atoms with Gasteiger partial charge in [0.25, 0.3) is 5.91 Å². The van der Waals surface area contributed by atoms with Gasteiger partial charge in [0.05, 0.1) is 5.69 Å². The van der Waals surface area contributed by atoms with E-state index in [-0.39, 0.29) is 11.7 Å². The Bertz CT molecular complexity index is 948. The van der Waals surface area contributed by atoms with Gasteiger partial charge in [0.1, 0.15) is 5.82 Å². The maximum atomic E-state index is 12.2. The molecule has 0 saturated carbocycles. The number of nitrogens with one attached hydrogen (secondary N) is 3. The number of hydrogen-bond donors (Lipinski definition) is 3. The van der Waals surface area contributed by atoms with Crippen LogP contribution >= 0.6 is 0 Å². The number of amides is 1. The molecular formula is C17H17N9O. The first-order valence-electron chi connectivity index (χ1n) is 8.27. The maximum absolute atomic E-state index is 12.2. The van der Waals surface area contributed by atoms with E-state index in [2.05, 4.69) is 40.8 Å². The molecule has 2 heterocycles. The van der Waals surface area contributed by atoms with Crippen LogP contribution in [0.3, 0.4) is 0 Å². The Kier molecular flexibility index (Phi) is 5.95. The van der Waals surface area contributed by atoms with Crippen molar-refractivity contribution in [1.82, 2.24) is 25.5 Å². The highest BCUT2D eigenvalue weighted by molar-refractivity contribution is 5.93. The predicted molar refractivity (Wildman–Crippen MR) is 100 cm³/mol. The lowest BCUT2D eigenvalue weighted by atomic mass is 10.1. The van der Waals surface area contributed by atoms with Gasteiger partial charge in [-0.05, 0) is 34.8 Å². The number of carbonyl (C=O) groups excluding carboxylic acids is 1. The number of carbonyl (C=O) groups is 1. The van der Waals surface area contributed by atoms with E-state index in [1.165, 1.54) is 12.3 Å². The summed E-state index contributed by atoms with van der Waals surface area (Å²) in [5, 5.41) is 16.2. The van der Waals surface area contributed by atoms with Gasteiger partial charge in [-0.15, -0.1) is 0 Å². The minimum Gasteiger partial charge on any atom is -0.354 e. The number of aromatic amines is 1. The first kappa shape index (κ1) is 17.9. The molecule has 0 aliphatic rings. The first-order valence-corrected chi connectivity index (χ1v) is 8.27. The molecular weight excluding hydrogens is 346 g/mol. The summed E-state index contributed by atoms with van der Waals surface area (Å²) in [6, 6.07) is 12.9. The number of nitrogens with zero attached hydrogens (tertiary/aromatic N) is 6. The molecule has 1 aromatic carbocycles. The molecule has 10 nitrogen and oxygen atoms in total. The van der Waals surface area contributed by atoms with Gasteiger partial charge < -0.3 is 10.6 Å². The van der Waals surface area contributed by atoms with Crippen LogP contribution in [0.15, 0.2) is 53.8 Å². The van der Waals surface area contributed by atoms with Crippen molar-refractivity contribution in [3.8, 4) is 11.3 Å². The number of H-pyrrole nitrogens is 1. The lowest BCUT2D eigenvalue weighted by Crippen LogP contribution is -2.26. The van der Waals surface area contributed by atoms with Crippen LogP contribution in [0.4, 0.5) is 11.8 Å². The number of anilines is 1. The van der Waals surface area contributed by atoms with E-state index in [4.69, 9.17) is 5.53 Å². The standard InChI is InChI=1S/C17H17N9O/c18-26-25-15-7-10-21-17(22-15)20-9-4-8-19-16(27)14-11-13(23-24-14)12-5-2-1-3-6-12/h1-3,5-7,10-11H,4,8-9H2,(H,19,27)(H,23,24)(H,20,21,22). The molecule has 3 aromatic rings. The van der Waals surface area contributed by atoms with E-state index in [1.54, 1.807) is 6.07 Å². The molecule has 0 saturated heterocycles. The number of rotatable bonds is 8. The SMILES string of the molecule is [N-]=[N+]=Nc1ccnc(NCCCNC(=O)c2cc(-c3ccccc3)[nH]n2)n1. The smallest absolute Gasteiger partial charge is 0.271 e. The molecule has 3 rings (SSSR count). The zero-order valence-corrected chi connectivity index (χ0v) is 14.3. The van der Waals surface area contributed by atoms with Crippen LogP contribution in [-0.2, 0) is 0 Å². The fraction of sp³-hybridized carbons (Fsp3) is 0.176. The van der Waals surface area contributed by atoms with Crippen molar-refractivity contribution in [3.05, 3.63) is 64.8 Å². The van der Waals surface area contributed by atoms with Gasteiger partial charge in [-0.25, -0.2) is 9.97 Å². The zero-order chi connectivity index (χ0) is 18.9. The first-order chi connectivity index (χ1) is 13.3. The summed E-state index contributed by atoms with van der Waals surface area (Å²) in [7, 11) is 0. The lowest BCUT2D eigenvalue weighted by molar-refractivity contribution is 0.0948. The molecule has 0 radical (unpaired) electrons. The van der Waals surface area contributed by atoms with E-state index in [0.29, 0.717) is 31.2 Å². The molecule has 0 fully saturated rings. The Balaban J connectivity index is 1.43. The molecule has 3 N–H and O–H groups in total. The molecule has 0 aliphatic heterocycles.